The molecule has 28 heavy (non-hydrogen) atoms. The molecule has 2 heterocycles. The highest BCUT2D eigenvalue weighted by Crippen LogP contribution is 2.30. The number of pyridine rings is 1. The van der Waals surface area contributed by atoms with E-state index in [4.69, 9.17) is 23.2 Å². The van der Waals surface area contributed by atoms with Gasteiger partial charge in [0.25, 0.3) is 5.91 Å². The van der Waals surface area contributed by atoms with Crippen LogP contribution in [-0.4, -0.2) is 20.7 Å². The van der Waals surface area contributed by atoms with Crippen molar-refractivity contribution in [3.8, 4) is 0 Å². The van der Waals surface area contributed by atoms with Gasteiger partial charge in [-0.15, -0.1) is 0 Å². The maximum Gasteiger partial charge on any atom is 0.258 e. The molecule has 0 aliphatic rings. The first-order chi connectivity index (χ1) is 13.5. The van der Waals surface area contributed by atoms with Gasteiger partial charge in [0.1, 0.15) is 0 Å². The lowest BCUT2D eigenvalue weighted by Crippen LogP contribution is -2.13. The van der Waals surface area contributed by atoms with E-state index >= 15 is 0 Å². The SMILES string of the molecule is C=C/C(=C\C=C\C)n1nc(C)c2c(Cl)c(C(=O)Nc3ccc(Cl)cc3)cnc21. The van der Waals surface area contributed by atoms with Gasteiger partial charge >= 0.3 is 0 Å². The van der Waals surface area contributed by atoms with Gasteiger partial charge in [0.15, 0.2) is 5.65 Å². The summed E-state index contributed by atoms with van der Waals surface area (Å²) in [5.74, 6) is -0.359. The minimum Gasteiger partial charge on any atom is -0.322 e. The van der Waals surface area contributed by atoms with E-state index < -0.39 is 0 Å². The van der Waals surface area contributed by atoms with Crippen molar-refractivity contribution in [3.63, 3.8) is 0 Å². The summed E-state index contributed by atoms with van der Waals surface area (Å²) in [5.41, 5.74) is 2.85. The molecule has 142 valence electrons. The average molecular weight is 413 g/mol. The largest absolute Gasteiger partial charge is 0.322 e. The molecule has 0 aliphatic heterocycles. The minimum atomic E-state index is -0.359. The van der Waals surface area contributed by atoms with E-state index in [-0.39, 0.29) is 11.5 Å². The van der Waals surface area contributed by atoms with Crippen molar-refractivity contribution in [1.82, 2.24) is 14.8 Å². The van der Waals surface area contributed by atoms with Gasteiger partial charge in [-0.25, -0.2) is 9.67 Å². The summed E-state index contributed by atoms with van der Waals surface area (Å²) < 4.78 is 1.66. The molecule has 0 radical (unpaired) electrons. The Morgan fingerprint density at radius 3 is 2.61 bits per heavy atom. The van der Waals surface area contributed by atoms with Gasteiger partial charge in [-0.2, -0.15) is 5.10 Å². The molecule has 0 spiro atoms. The zero-order chi connectivity index (χ0) is 20.3. The number of hydrogen-bond acceptors (Lipinski definition) is 3. The number of halogens is 2. The average Bonchev–Trinajstić information content (AvgIpc) is 3.02. The molecule has 0 saturated carbocycles. The molecule has 0 fully saturated rings. The standard InChI is InChI=1S/C21H18Cl2N4O/c1-4-6-7-16(5-2)27-20-18(13(3)26-27)19(23)17(12-24-20)21(28)25-15-10-8-14(22)9-11-15/h4-12H,2H2,1,3H3,(H,25,28)/b6-4+,16-7+. The number of fused-ring (bicyclic) bond motifs is 1. The number of allylic oxidation sites excluding steroid dienone is 5. The summed E-state index contributed by atoms with van der Waals surface area (Å²) in [6.45, 7) is 7.57. The Bertz CT molecular complexity index is 1110. The Balaban J connectivity index is 2.04. The summed E-state index contributed by atoms with van der Waals surface area (Å²) in [4.78, 5) is 17.1. The van der Waals surface area contributed by atoms with Crippen LogP contribution in [-0.2, 0) is 0 Å². The number of carbonyl (C=O) groups excluding carboxylic acids is 1. The van der Waals surface area contributed by atoms with Crippen LogP contribution in [0.1, 0.15) is 23.0 Å². The fourth-order valence-electron chi connectivity index (χ4n) is 2.70. The lowest BCUT2D eigenvalue weighted by Gasteiger charge is -2.08. The van der Waals surface area contributed by atoms with Crippen LogP contribution in [0.25, 0.3) is 16.7 Å². The highest BCUT2D eigenvalue weighted by Gasteiger charge is 2.20. The molecular weight excluding hydrogens is 395 g/mol. The first-order valence-electron chi connectivity index (χ1n) is 8.52. The van der Waals surface area contributed by atoms with E-state index in [2.05, 4.69) is 22.0 Å². The third-order valence-corrected chi connectivity index (χ3v) is 4.71. The van der Waals surface area contributed by atoms with Gasteiger partial charge in [-0.05, 0) is 50.3 Å². The Morgan fingerprint density at radius 1 is 1.25 bits per heavy atom. The molecule has 1 amide bonds. The normalized spacial score (nSPS) is 11.9. The summed E-state index contributed by atoms with van der Waals surface area (Å²) >= 11 is 12.4. The predicted octanol–water partition coefficient (Wildman–Crippen LogP) is 5.90. The number of carbonyl (C=O) groups is 1. The molecule has 7 heteroatoms. The number of aromatic nitrogens is 3. The van der Waals surface area contributed by atoms with Gasteiger partial charge in [0.2, 0.25) is 0 Å². The minimum absolute atomic E-state index is 0.268. The van der Waals surface area contributed by atoms with Crippen molar-refractivity contribution in [2.75, 3.05) is 5.32 Å². The number of rotatable bonds is 5. The summed E-state index contributed by atoms with van der Waals surface area (Å²) in [6, 6.07) is 6.82. The number of amides is 1. The monoisotopic (exact) mass is 412 g/mol. The summed E-state index contributed by atoms with van der Waals surface area (Å²) in [6.07, 6.45) is 8.79. The Labute approximate surface area is 173 Å². The van der Waals surface area contributed by atoms with Gasteiger partial charge in [0, 0.05) is 16.9 Å². The number of aryl methyl sites for hydroxylation is 1. The molecule has 3 rings (SSSR count). The Kier molecular flexibility index (Phi) is 5.97. The Morgan fingerprint density at radius 2 is 1.96 bits per heavy atom. The molecule has 5 nitrogen and oxygen atoms in total. The first-order valence-corrected chi connectivity index (χ1v) is 9.28. The summed E-state index contributed by atoms with van der Waals surface area (Å²) in [5, 5.41) is 8.83. The van der Waals surface area contributed by atoms with Crippen LogP contribution in [0.2, 0.25) is 10.0 Å². The van der Waals surface area contributed by atoms with Crippen molar-refractivity contribution in [2.45, 2.75) is 13.8 Å². The van der Waals surface area contributed by atoms with Crippen LogP contribution in [0.15, 0.2) is 61.3 Å². The molecule has 2 aromatic heterocycles. The van der Waals surface area contributed by atoms with Gasteiger partial charge in [-0.1, -0.05) is 41.9 Å². The van der Waals surface area contributed by atoms with E-state index in [1.807, 2.05) is 32.1 Å². The van der Waals surface area contributed by atoms with Gasteiger partial charge in [0.05, 0.1) is 27.4 Å². The number of anilines is 1. The van der Waals surface area contributed by atoms with E-state index in [1.165, 1.54) is 6.20 Å². The molecule has 1 N–H and O–H groups in total. The number of benzene rings is 1. The van der Waals surface area contributed by atoms with Crippen LogP contribution in [0.5, 0.6) is 0 Å². The third-order valence-electron chi connectivity index (χ3n) is 4.07. The smallest absolute Gasteiger partial charge is 0.258 e. The second kappa shape index (κ2) is 8.42. The van der Waals surface area contributed by atoms with Gasteiger partial charge in [-0.3, -0.25) is 4.79 Å². The van der Waals surface area contributed by atoms with Crippen molar-refractivity contribution >= 4 is 51.5 Å². The van der Waals surface area contributed by atoms with Crippen molar-refractivity contribution < 1.29 is 4.79 Å². The molecule has 0 atom stereocenters. The molecule has 0 bridgehead atoms. The molecule has 0 unspecified atom stereocenters. The zero-order valence-electron chi connectivity index (χ0n) is 15.4. The van der Waals surface area contributed by atoms with Crippen molar-refractivity contribution in [1.29, 1.82) is 0 Å². The molecule has 3 aromatic rings. The van der Waals surface area contributed by atoms with E-state index in [0.717, 1.165) is 5.70 Å². The van der Waals surface area contributed by atoms with Crippen molar-refractivity contribution in [3.05, 3.63) is 82.6 Å². The molecule has 1 aromatic carbocycles. The van der Waals surface area contributed by atoms with Crippen LogP contribution >= 0.6 is 23.2 Å². The number of hydrogen-bond donors (Lipinski definition) is 1. The maximum atomic E-state index is 12.7. The quantitative estimate of drug-likeness (QED) is 0.530. The van der Waals surface area contributed by atoms with E-state index in [1.54, 1.807) is 35.0 Å². The van der Waals surface area contributed by atoms with Crippen LogP contribution < -0.4 is 5.32 Å². The van der Waals surface area contributed by atoms with Gasteiger partial charge < -0.3 is 5.32 Å². The lowest BCUT2D eigenvalue weighted by atomic mass is 10.2. The highest BCUT2D eigenvalue weighted by molar-refractivity contribution is 6.39. The third kappa shape index (κ3) is 3.86. The van der Waals surface area contributed by atoms with E-state index in [0.29, 0.717) is 32.5 Å². The zero-order valence-corrected chi connectivity index (χ0v) is 16.9. The molecule has 0 saturated heterocycles. The second-order valence-corrected chi connectivity index (χ2v) is 6.78. The fourth-order valence-corrected chi connectivity index (χ4v) is 3.18. The fraction of sp³-hybridized carbons (Fsp3) is 0.0952. The van der Waals surface area contributed by atoms with E-state index in [9.17, 15) is 4.79 Å². The lowest BCUT2D eigenvalue weighted by molar-refractivity contribution is 0.102. The van der Waals surface area contributed by atoms with Crippen LogP contribution in [0.4, 0.5) is 5.69 Å². The first kappa shape index (κ1) is 19.9. The summed E-state index contributed by atoms with van der Waals surface area (Å²) in [7, 11) is 0. The number of nitrogens with zero attached hydrogens (tertiary/aromatic N) is 3. The maximum absolute atomic E-state index is 12.7. The molecular formula is C21H18Cl2N4O. The Hall–Kier alpha value is -2.89. The predicted molar refractivity (Wildman–Crippen MR) is 116 cm³/mol. The van der Waals surface area contributed by atoms with Crippen LogP contribution in [0.3, 0.4) is 0 Å². The second-order valence-electron chi connectivity index (χ2n) is 5.96. The topological polar surface area (TPSA) is 59.8 Å². The molecule has 0 aliphatic carbocycles. The number of nitrogens with one attached hydrogen (secondary N) is 1. The van der Waals surface area contributed by atoms with Crippen LogP contribution in [0, 0.1) is 6.92 Å². The van der Waals surface area contributed by atoms with Crippen molar-refractivity contribution in [2.24, 2.45) is 0 Å². The highest BCUT2D eigenvalue weighted by atomic mass is 35.5.